The van der Waals surface area contributed by atoms with Crippen molar-refractivity contribution in [2.45, 2.75) is 6.92 Å². The molecule has 0 aliphatic heterocycles. The molecule has 1 rings (SSSR count). The molecule has 0 radical (unpaired) electrons. The van der Waals surface area contributed by atoms with E-state index in [0.29, 0.717) is 6.29 Å². The second-order valence-electron chi connectivity index (χ2n) is 3.12. The van der Waals surface area contributed by atoms with Crippen LogP contribution in [0.5, 0.6) is 0 Å². The molecule has 1 N–H and O–H groups in total. The van der Waals surface area contributed by atoms with E-state index in [-0.39, 0.29) is 11.9 Å². The fraction of sp³-hybridized carbons (Fsp3) is 0.182. The van der Waals surface area contributed by atoms with Crippen LogP contribution in [0, 0.1) is 0 Å². The van der Waals surface area contributed by atoms with Crippen LogP contribution >= 0.6 is 7.60 Å². The lowest BCUT2D eigenvalue weighted by Crippen LogP contribution is -1.94. The van der Waals surface area contributed by atoms with Crippen molar-refractivity contribution in [3.05, 3.63) is 41.7 Å². The number of aldehydes is 1. The molecule has 0 aliphatic rings. The first-order chi connectivity index (χ1) is 7.57. The van der Waals surface area contributed by atoms with Gasteiger partial charge < -0.3 is 9.42 Å². The van der Waals surface area contributed by atoms with Gasteiger partial charge in [0.15, 0.2) is 12.0 Å². The van der Waals surface area contributed by atoms with Crippen LogP contribution in [0.3, 0.4) is 0 Å². The summed E-state index contributed by atoms with van der Waals surface area (Å²) in [5.74, 6) is -0.140. The van der Waals surface area contributed by atoms with E-state index >= 15 is 0 Å². The first-order valence-electron chi connectivity index (χ1n) is 4.81. The molecule has 5 heteroatoms. The van der Waals surface area contributed by atoms with Gasteiger partial charge in [-0.1, -0.05) is 37.3 Å². The first kappa shape index (κ1) is 12.7. The summed E-state index contributed by atoms with van der Waals surface area (Å²) in [5.41, 5.74) is 0.737. The van der Waals surface area contributed by atoms with Crippen molar-refractivity contribution in [3.8, 4) is 0 Å². The van der Waals surface area contributed by atoms with E-state index in [1.165, 1.54) is 13.0 Å². The molecule has 0 bridgehead atoms. The molecule has 0 aliphatic carbocycles. The van der Waals surface area contributed by atoms with Crippen LogP contribution in [-0.4, -0.2) is 17.3 Å². The van der Waals surface area contributed by atoms with Crippen LogP contribution in [-0.2, 0) is 13.9 Å². The molecule has 0 fully saturated rings. The van der Waals surface area contributed by atoms with Gasteiger partial charge in [0.25, 0.3) is 0 Å². The monoisotopic (exact) mass is 240 g/mol. The minimum Gasteiger partial charge on any atom is -0.421 e. The Balaban J connectivity index is 2.87. The van der Waals surface area contributed by atoms with Crippen molar-refractivity contribution in [1.29, 1.82) is 0 Å². The molecular weight excluding hydrogens is 227 g/mol. The van der Waals surface area contributed by atoms with E-state index in [2.05, 4.69) is 0 Å². The number of hydrogen-bond acceptors (Lipinski definition) is 3. The van der Waals surface area contributed by atoms with Gasteiger partial charge in [0.2, 0.25) is 0 Å². The molecule has 1 atom stereocenters. The van der Waals surface area contributed by atoms with E-state index in [4.69, 9.17) is 4.52 Å². The van der Waals surface area contributed by atoms with Gasteiger partial charge in [-0.15, -0.1) is 0 Å². The summed E-state index contributed by atoms with van der Waals surface area (Å²) >= 11 is 0. The molecule has 16 heavy (non-hydrogen) atoms. The lowest BCUT2D eigenvalue weighted by atomic mass is 10.2. The van der Waals surface area contributed by atoms with Crippen LogP contribution in [0.25, 0.3) is 6.08 Å². The summed E-state index contributed by atoms with van der Waals surface area (Å²) < 4.78 is 16.0. The standard InChI is InChI=1S/C11H13O4P/c1-2-16(13,14)15-11(9-12)8-10-6-4-3-5-7-10/h3-9H,2H2,1H3,(H,13,14). The average Bonchev–Trinajstić information content (AvgIpc) is 2.29. The van der Waals surface area contributed by atoms with Gasteiger partial charge in [-0.2, -0.15) is 0 Å². The Morgan fingerprint density at radius 2 is 2.06 bits per heavy atom. The average molecular weight is 240 g/mol. The summed E-state index contributed by atoms with van der Waals surface area (Å²) in [5, 5.41) is 0. The molecule has 0 spiro atoms. The van der Waals surface area contributed by atoms with Gasteiger partial charge in [0.05, 0.1) is 6.16 Å². The summed E-state index contributed by atoms with van der Waals surface area (Å²) in [6, 6.07) is 8.96. The van der Waals surface area contributed by atoms with Gasteiger partial charge in [-0.3, -0.25) is 4.79 Å². The molecule has 86 valence electrons. The molecule has 0 saturated carbocycles. The Hall–Kier alpha value is -1.38. The van der Waals surface area contributed by atoms with Gasteiger partial charge in [0, 0.05) is 0 Å². The smallest absolute Gasteiger partial charge is 0.376 e. The van der Waals surface area contributed by atoms with Crippen molar-refractivity contribution in [2.24, 2.45) is 0 Å². The Bertz CT molecular complexity index is 425. The fourth-order valence-corrected chi connectivity index (χ4v) is 1.58. The maximum atomic E-state index is 11.3. The number of allylic oxidation sites excluding steroid dienone is 1. The Kier molecular flexibility index (Phi) is 4.47. The SMILES string of the molecule is CCP(=O)(O)OC(C=O)=Cc1ccccc1. The quantitative estimate of drug-likeness (QED) is 0.371. The van der Waals surface area contributed by atoms with E-state index in [9.17, 15) is 14.3 Å². The highest BCUT2D eigenvalue weighted by atomic mass is 31.2. The van der Waals surface area contributed by atoms with E-state index < -0.39 is 7.60 Å². The number of carbonyl (C=O) groups excluding carboxylic acids is 1. The van der Waals surface area contributed by atoms with Gasteiger partial charge in [0.1, 0.15) is 0 Å². The maximum Gasteiger partial charge on any atom is 0.376 e. The van der Waals surface area contributed by atoms with Crippen molar-refractivity contribution < 1.29 is 18.8 Å². The lowest BCUT2D eigenvalue weighted by Gasteiger charge is -2.10. The van der Waals surface area contributed by atoms with E-state index in [1.807, 2.05) is 6.07 Å². The second kappa shape index (κ2) is 5.64. The number of benzene rings is 1. The van der Waals surface area contributed by atoms with Crippen LogP contribution in [0.1, 0.15) is 12.5 Å². The highest BCUT2D eigenvalue weighted by Gasteiger charge is 2.18. The molecule has 1 unspecified atom stereocenters. The van der Waals surface area contributed by atoms with Crippen LogP contribution in [0.15, 0.2) is 36.1 Å². The first-order valence-corrected chi connectivity index (χ1v) is 6.57. The molecule has 1 aromatic carbocycles. The summed E-state index contributed by atoms with van der Waals surface area (Å²) in [4.78, 5) is 19.9. The van der Waals surface area contributed by atoms with E-state index in [1.54, 1.807) is 24.3 Å². The Morgan fingerprint density at radius 3 is 2.56 bits per heavy atom. The third-order valence-electron chi connectivity index (χ3n) is 1.87. The van der Waals surface area contributed by atoms with Crippen LogP contribution in [0.4, 0.5) is 0 Å². The third kappa shape index (κ3) is 4.01. The molecular formula is C11H13O4P. The molecule has 4 nitrogen and oxygen atoms in total. The number of rotatable bonds is 5. The Morgan fingerprint density at radius 1 is 1.44 bits per heavy atom. The topological polar surface area (TPSA) is 63.6 Å². The molecule has 0 amide bonds. The zero-order valence-electron chi connectivity index (χ0n) is 8.87. The van der Waals surface area contributed by atoms with Gasteiger partial charge in [-0.05, 0) is 11.6 Å². The molecule has 0 heterocycles. The Labute approximate surface area is 94.1 Å². The molecule has 0 saturated heterocycles. The number of carbonyl (C=O) groups is 1. The van der Waals surface area contributed by atoms with Crippen molar-refractivity contribution in [3.63, 3.8) is 0 Å². The molecule has 1 aromatic rings. The van der Waals surface area contributed by atoms with Crippen LogP contribution < -0.4 is 0 Å². The summed E-state index contributed by atoms with van der Waals surface area (Å²) in [6.07, 6.45) is 1.81. The predicted molar refractivity (Wildman–Crippen MR) is 61.9 cm³/mol. The predicted octanol–water partition coefficient (Wildman–Crippen LogP) is 2.45. The zero-order chi connectivity index (χ0) is 12.0. The van der Waals surface area contributed by atoms with Gasteiger partial charge >= 0.3 is 7.60 Å². The lowest BCUT2D eigenvalue weighted by molar-refractivity contribution is -0.106. The maximum absolute atomic E-state index is 11.3. The minimum absolute atomic E-state index is 0.0348. The highest BCUT2D eigenvalue weighted by Crippen LogP contribution is 2.43. The third-order valence-corrected chi connectivity index (χ3v) is 3.17. The highest BCUT2D eigenvalue weighted by molar-refractivity contribution is 7.52. The molecule has 0 aromatic heterocycles. The summed E-state index contributed by atoms with van der Waals surface area (Å²) in [6.45, 7) is 1.52. The van der Waals surface area contributed by atoms with Crippen molar-refractivity contribution in [2.75, 3.05) is 6.16 Å². The summed E-state index contributed by atoms with van der Waals surface area (Å²) in [7, 11) is -3.68. The second-order valence-corrected chi connectivity index (χ2v) is 5.21. The number of hydrogen-bond donors (Lipinski definition) is 1. The minimum atomic E-state index is -3.68. The van der Waals surface area contributed by atoms with Crippen molar-refractivity contribution >= 4 is 20.0 Å². The zero-order valence-corrected chi connectivity index (χ0v) is 9.76. The van der Waals surface area contributed by atoms with Gasteiger partial charge in [-0.25, -0.2) is 4.57 Å². The van der Waals surface area contributed by atoms with E-state index in [0.717, 1.165) is 5.56 Å². The fourth-order valence-electron chi connectivity index (χ4n) is 1.02. The normalized spacial score (nSPS) is 15.2. The van der Waals surface area contributed by atoms with Crippen molar-refractivity contribution in [1.82, 2.24) is 0 Å². The van der Waals surface area contributed by atoms with Crippen LogP contribution in [0.2, 0.25) is 0 Å². The largest absolute Gasteiger partial charge is 0.421 e.